The first kappa shape index (κ1) is 18.6. The lowest BCUT2D eigenvalue weighted by atomic mass is 10.00. The van der Waals surface area contributed by atoms with E-state index in [-0.39, 0.29) is 5.91 Å². The van der Waals surface area contributed by atoms with Crippen LogP contribution in [0.15, 0.2) is 36.4 Å². The maximum Gasteiger partial charge on any atom is 0.274 e. The fraction of sp³-hybridized carbons (Fsp3) is 0.286. The summed E-state index contributed by atoms with van der Waals surface area (Å²) in [5, 5.41) is 11.2. The van der Waals surface area contributed by atoms with E-state index < -0.39 is 0 Å². The molecule has 0 saturated heterocycles. The van der Waals surface area contributed by atoms with E-state index in [1.54, 1.807) is 11.8 Å². The van der Waals surface area contributed by atoms with Gasteiger partial charge in [-0.3, -0.25) is 4.79 Å². The second kappa shape index (κ2) is 7.61. The molecule has 1 heterocycles. The smallest absolute Gasteiger partial charge is 0.274 e. The van der Waals surface area contributed by atoms with Crippen molar-refractivity contribution in [3.8, 4) is 11.4 Å². The molecule has 0 aliphatic heterocycles. The van der Waals surface area contributed by atoms with E-state index in [1.165, 1.54) is 16.7 Å². The van der Waals surface area contributed by atoms with Gasteiger partial charge in [-0.15, -0.1) is 5.10 Å². The molecule has 2 aromatic carbocycles. The Morgan fingerprint density at radius 1 is 1.07 bits per heavy atom. The maximum absolute atomic E-state index is 12.6. The Balaban J connectivity index is 1.77. The molecule has 1 N–H and O–H groups in total. The van der Waals surface area contributed by atoms with Crippen LogP contribution in [0.3, 0.4) is 0 Å². The lowest BCUT2D eigenvalue weighted by molar-refractivity contribution is 0.0945. The first-order chi connectivity index (χ1) is 12.9. The summed E-state index contributed by atoms with van der Waals surface area (Å²) in [5.41, 5.74) is 6.54. The highest BCUT2D eigenvalue weighted by Crippen LogP contribution is 2.18. The summed E-state index contributed by atoms with van der Waals surface area (Å²) in [4.78, 5) is 12.6. The SMILES string of the molecule is COc1ccc(-n2nnc(C(=O)NCc3c(C)cc(C)cc3C)c2C)cc1. The standard InChI is InChI=1S/C21H24N4O2/c1-13-10-14(2)19(15(3)11-13)12-22-21(26)20-16(4)25(24-23-20)17-6-8-18(27-5)9-7-17/h6-11H,12H2,1-5H3,(H,22,26). The van der Waals surface area contributed by atoms with Gasteiger partial charge in [-0.05, 0) is 68.7 Å². The van der Waals surface area contributed by atoms with Crippen LogP contribution in [0.5, 0.6) is 5.75 Å². The van der Waals surface area contributed by atoms with Gasteiger partial charge < -0.3 is 10.1 Å². The van der Waals surface area contributed by atoms with Crippen LogP contribution >= 0.6 is 0 Å². The van der Waals surface area contributed by atoms with E-state index in [2.05, 4.69) is 48.5 Å². The summed E-state index contributed by atoms with van der Waals surface area (Å²) in [6.45, 7) is 8.50. The number of rotatable bonds is 5. The Kier molecular flexibility index (Phi) is 5.26. The van der Waals surface area contributed by atoms with Crippen molar-refractivity contribution in [3.05, 3.63) is 70.0 Å². The lowest BCUT2D eigenvalue weighted by Gasteiger charge is -2.12. The number of benzene rings is 2. The van der Waals surface area contributed by atoms with Gasteiger partial charge >= 0.3 is 0 Å². The summed E-state index contributed by atoms with van der Waals surface area (Å²) in [5.74, 6) is 0.532. The van der Waals surface area contributed by atoms with Crippen LogP contribution in [0, 0.1) is 27.7 Å². The van der Waals surface area contributed by atoms with E-state index in [9.17, 15) is 4.79 Å². The number of carbonyl (C=O) groups is 1. The molecule has 0 bridgehead atoms. The van der Waals surface area contributed by atoms with Crippen molar-refractivity contribution < 1.29 is 9.53 Å². The van der Waals surface area contributed by atoms with Crippen molar-refractivity contribution in [1.82, 2.24) is 20.3 Å². The minimum Gasteiger partial charge on any atom is -0.497 e. The van der Waals surface area contributed by atoms with Gasteiger partial charge in [0.25, 0.3) is 5.91 Å². The van der Waals surface area contributed by atoms with Crippen LogP contribution in [-0.2, 0) is 6.54 Å². The third-order valence-corrected chi connectivity index (χ3v) is 4.69. The Hall–Kier alpha value is -3.15. The lowest BCUT2D eigenvalue weighted by Crippen LogP contribution is -2.25. The van der Waals surface area contributed by atoms with Crippen molar-refractivity contribution in [3.63, 3.8) is 0 Å². The highest BCUT2D eigenvalue weighted by atomic mass is 16.5. The Morgan fingerprint density at radius 2 is 1.70 bits per heavy atom. The van der Waals surface area contributed by atoms with Gasteiger partial charge in [0.15, 0.2) is 5.69 Å². The highest BCUT2D eigenvalue weighted by molar-refractivity contribution is 5.93. The molecule has 1 amide bonds. The second-order valence-electron chi connectivity index (χ2n) is 6.69. The number of ether oxygens (including phenoxy) is 1. The molecular weight excluding hydrogens is 340 g/mol. The number of aromatic nitrogens is 3. The zero-order valence-corrected chi connectivity index (χ0v) is 16.3. The molecule has 3 aromatic rings. The van der Waals surface area contributed by atoms with E-state index in [4.69, 9.17) is 4.74 Å². The molecule has 0 atom stereocenters. The molecule has 0 aliphatic carbocycles. The zero-order chi connectivity index (χ0) is 19.6. The number of nitrogens with zero attached hydrogens (tertiary/aromatic N) is 3. The largest absolute Gasteiger partial charge is 0.497 e. The molecule has 0 radical (unpaired) electrons. The fourth-order valence-electron chi connectivity index (χ4n) is 3.25. The predicted octanol–water partition coefficient (Wildman–Crippen LogP) is 3.44. The van der Waals surface area contributed by atoms with Crippen molar-refractivity contribution >= 4 is 5.91 Å². The minimum absolute atomic E-state index is 0.230. The predicted molar refractivity (Wildman–Crippen MR) is 104 cm³/mol. The second-order valence-corrected chi connectivity index (χ2v) is 6.69. The molecule has 0 unspecified atom stereocenters. The van der Waals surface area contributed by atoms with Gasteiger partial charge in [0.05, 0.1) is 18.5 Å². The molecule has 0 saturated carbocycles. The van der Waals surface area contributed by atoms with Crippen molar-refractivity contribution in [2.75, 3.05) is 7.11 Å². The summed E-state index contributed by atoms with van der Waals surface area (Å²) in [6, 6.07) is 11.7. The number of nitrogens with one attached hydrogen (secondary N) is 1. The summed E-state index contributed by atoms with van der Waals surface area (Å²) in [7, 11) is 1.62. The van der Waals surface area contributed by atoms with E-state index in [0.717, 1.165) is 17.0 Å². The van der Waals surface area contributed by atoms with Gasteiger partial charge in [-0.1, -0.05) is 22.9 Å². The quantitative estimate of drug-likeness (QED) is 0.753. The van der Waals surface area contributed by atoms with Gasteiger partial charge in [-0.25, -0.2) is 4.68 Å². The van der Waals surface area contributed by atoms with Crippen LogP contribution in [0.1, 0.15) is 38.4 Å². The van der Waals surface area contributed by atoms with Gasteiger partial charge in [0.1, 0.15) is 5.75 Å². The molecule has 1 aromatic heterocycles. The maximum atomic E-state index is 12.6. The molecular formula is C21H24N4O2. The van der Waals surface area contributed by atoms with Crippen LogP contribution in [-0.4, -0.2) is 28.0 Å². The highest BCUT2D eigenvalue weighted by Gasteiger charge is 2.17. The van der Waals surface area contributed by atoms with Crippen LogP contribution in [0.4, 0.5) is 0 Å². The molecule has 140 valence electrons. The third kappa shape index (κ3) is 3.84. The normalized spacial score (nSPS) is 10.7. The molecule has 0 fully saturated rings. The van der Waals surface area contributed by atoms with Crippen LogP contribution in [0.25, 0.3) is 5.69 Å². The van der Waals surface area contributed by atoms with Gasteiger partial charge in [0.2, 0.25) is 0 Å². The van der Waals surface area contributed by atoms with E-state index >= 15 is 0 Å². The number of carbonyl (C=O) groups excluding carboxylic acids is 1. The van der Waals surface area contributed by atoms with Crippen LogP contribution in [0.2, 0.25) is 0 Å². The van der Waals surface area contributed by atoms with E-state index in [0.29, 0.717) is 17.9 Å². The van der Waals surface area contributed by atoms with Crippen molar-refractivity contribution in [1.29, 1.82) is 0 Å². The summed E-state index contributed by atoms with van der Waals surface area (Å²) >= 11 is 0. The van der Waals surface area contributed by atoms with E-state index in [1.807, 2.05) is 31.2 Å². The molecule has 0 spiro atoms. The van der Waals surface area contributed by atoms with Crippen molar-refractivity contribution in [2.24, 2.45) is 0 Å². The fourth-order valence-corrected chi connectivity index (χ4v) is 3.25. The van der Waals surface area contributed by atoms with Crippen molar-refractivity contribution in [2.45, 2.75) is 34.2 Å². The molecule has 6 nitrogen and oxygen atoms in total. The third-order valence-electron chi connectivity index (χ3n) is 4.69. The van der Waals surface area contributed by atoms with Crippen LogP contribution < -0.4 is 10.1 Å². The van der Waals surface area contributed by atoms with Gasteiger partial charge in [0, 0.05) is 6.54 Å². The average Bonchev–Trinajstić information content (AvgIpc) is 3.02. The summed E-state index contributed by atoms with van der Waals surface area (Å²) in [6.07, 6.45) is 0. The Labute approximate surface area is 159 Å². The topological polar surface area (TPSA) is 69.0 Å². The number of amides is 1. The minimum atomic E-state index is -0.230. The number of hydrogen-bond donors (Lipinski definition) is 1. The molecule has 27 heavy (non-hydrogen) atoms. The van der Waals surface area contributed by atoms with Gasteiger partial charge in [-0.2, -0.15) is 0 Å². The Bertz CT molecular complexity index is 951. The number of hydrogen-bond acceptors (Lipinski definition) is 4. The first-order valence-corrected chi connectivity index (χ1v) is 8.82. The molecule has 3 rings (SSSR count). The first-order valence-electron chi connectivity index (χ1n) is 8.82. The molecule has 6 heteroatoms. The molecule has 0 aliphatic rings. The average molecular weight is 364 g/mol. The number of aryl methyl sites for hydroxylation is 3. The zero-order valence-electron chi connectivity index (χ0n) is 16.3. The monoisotopic (exact) mass is 364 g/mol. The number of methoxy groups -OCH3 is 1. The summed E-state index contributed by atoms with van der Waals surface area (Å²) < 4.78 is 6.82. The Morgan fingerprint density at radius 3 is 2.30 bits per heavy atom.